The van der Waals surface area contributed by atoms with Gasteiger partial charge in [0.2, 0.25) is 11.9 Å². The van der Waals surface area contributed by atoms with Gasteiger partial charge in [0.05, 0.1) is 29.9 Å². The van der Waals surface area contributed by atoms with E-state index in [2.05, 4.69) is 10.3 Å². The molecule has 6 nitrogen and oxygen atoms in total. The molecule has 1 amide bonds. The number of carbonyl (C=O) groups is 1. The van der Waals surface area contributed by atoms with E-state index in [0.29, 0.717) is 37.4 Å². The summed E-state index contributed by atoms with van der Waals surface area (Å²) >= 11 is 0. The largest absolute Gasteiger partial charge is 0.358 e. The molecule has 142 valence electrons. The molecule has 0 saturated carbocycles. The monoisotopic (exact) mass is 374 g/mol. The highest BCUT2D eigenvalue weighted by atomic mass is 16.2. The number of carbonyl (C=O) groups excluding carboxylic acids is 1. The molecule has 0 unspecified atom stereocenters. The van der Waals surface area contributed by atoms with Crippen molar-refractivity contribution in [1.29, 1.82) is 0 Å². The minimum absolute atomic E-state index is 0.0280. The highest BCUT2D eigenvalue weighted by Gasteiger charge is 2.26. The van der Waals surface area contributed by atoms with Crippen LogP contribution in [-0.2, 0) is 24.2 Å². The van der Waals surface area contributed by atoms with Gasteiger partial charge in [-0.2, -0.15) is 0 Å². The number of nitrogens with one attached hydrogen (secondary N) is 1. The van der Waals surface area contributed by atoms with Crippen molar-refractivity contribution in [3.05, 3.63) is 87.8 Å². The van der Waals surface area contributed by atoms with E-state index in [4.69, 9.17) is 0 Å². The van der Waals surface area contributed by atoms with E-state index in [1.807, 2.05) is 60.7 Å². The summed E-state index contributed by atoms with van der Waals surface area (Å²) in [6.45, 7) is 0.868. The number of rotatable bonds is 4. The Balaban J connectivity index is 1.66. The molecule has 0 bridgehead atoms. The SMILES string of the molecule is CNc1nc2c(c(=O)n1-c1ccccc1)CN(C(=O)Cc1ccccc1)CC2. The first-order chi connectivity index (χ1) is 13.7. The predicted octanol–water partition coefficient (Wildman–Crippen LogP) is 2.40. The summed E-state index contributed by atoms with van der Waals surface area (Å²) in [5.74, 6) is 0.541. The maximum absolute atomic E-state index is 13.3. The molecule has 4 rings (SSSR count). The minimum atomic E-state index is -0.127. The molecule has 0 saturated heterocycles. The number of hydrogen-bond acceptors (Lipinski definition) is 4. The van der Waals surface area contributed by atoms with Gasteiger partial charge in [-0.3, -0.25) is 9.59 Å². The Labute approximate surface area is 163 Å². The summed E-state index contributed by atoms with van der Waals surface area (Å²) in [6.07, 6.45) is 0.917. The minimum Gasteiger partial charge on any atom is -0.358 e. The second kappa shape index (κ2) is 7.68. The lowest BCUT2D eigenvalue weighted by Crippen LogP contribution is -2.41. The molecule has 0 aliphatic carbocycles. The Kier molecular flexibility index (Phi) is 4.93. The molecule has 0 spiro atoms. The first-order valence-electron chi connectivity index (χ1n) is 9.37. The fourth-order valence-corrected chi connectivity index (χ4v) is 3.56. The van der Waals surface area contributed by atoms with Crippen LogP contribution in [0.1, 0.15) is 16.8 Å². The first-order valence-corrected chi connectivity index (χ1v) is 9.37. The second-order valence-corrected chi connectivity index (χ2v) is 6.81. The fourth-order valence-electron chi connectivity index (χ4n) is 3.56. The van der Waals surface area contributed by atoms with Crippen LogP contribution in [0.25, 0.3) is 5.69 Å². The van der Waals surface area contributed by atoms with Gasteiger partial charge in [-0.25, -0.2) is 9.55 Å². The Morgan fingerprint density at radius 3 is 2.43 bits per heavy atom. The van der Waals surface area contributed by atoms with Gasteiger partial charge in [0.15, 0.2) is 0 Å². The van der Waals surface area contributed by atoms with Crippen molar-refractivity contribution in [1.82, 2.24) is 14.5 Å². The molecular formula is C22H22N4O2. The van der Waals surface area contributed by atoms with Crippen LogP contribution in [0.5, 0.6) is 0 Å². The van der Waals surface area contributed by atoms with Gasteiger partial charge >= 0.3 is 0 Å². The van der Waals surface area contributed by atoms with E-state index < -0.39 is 0 Å². The summed E-state index contributed by atoms with van der Waals surface area (Å²) in [4.78, 5) is 32.4. The summed E-state index contributed by atoms with van der Waals surface area (Å²) in [6, 6.07) is 19.1. The third kappa shape index (κ3) is 3.41. The summed E-state index contributed by atoms with van der Waals surface area (Å²) in [5, 5.41) is 3.02. The first kappa shape index (κ1) is 18.0. The van der Waals surface area contributed by atoms with E-state index in [9.17, 15) is 9.59 Å². The number of fused-ring (bicyclic) bond motifs is 1. The van der Waals surface area contributed by atoms with Gasteiger partial charge in [-0.15, -0.1) is 0 Å². The van der Waals surface area contributed by atoms with Gasteiger partial charge in [-0.05, 0) is 17.7 Å². The van der Waals surface area contributed by atoms with E-state index in [0.717, 1.165) is 16.9 Å². The normalized spacial score (nSPS) is 13.1. The molecular weight excluding hydrogens is 352 g/mol. The summed E-state index contributed by atoms with van der Waals surface area (Å²) in [5.41, 5.74) is 2.96. The van der Waals surface area contributed by atoms with Crippen molar-refractivity contribution in [2.24, 2.45) is 0 Å². The average molecular weight is 374 g/mol. The third-order valence-corrected chi connectivity index (χ3v) is 5.02. The lowest BCUT2D eigenvalue weighted by molar-refractivity contribution is -0.131. The van der Waals surface area contributed by atoms with Crippen LogP contribution >= 0.6 is 0 Å². The lowest BCUT2D eigenvalue weighted by atomic mass is 10.0. The molecule has 1 N–H and O–H groups in total. The van der Waals surface area contributed by atoms with Crippen molar-refractivity contribution in [3.63, 3.8) is 0 Å². The summed E-state index contributed by atoms with van der Waals surface area (Å²) < 4.78 is 1.57. The Morgan fingerprint density at radius 1 is 1.07 bits per heavy atom. The van der Waals surface area contributed by atoms with Crippen LogP contribution in [0.2, 0.25) is 0 Å². The maximum atomic E-state index is 13.3. The van der Waals surface area contributed by atoms with E-state index in [-0.39, 0.29) is 11.5 Å². The van der Waals surface area contributed by atoms with E-state index in [1.165, 1.54) is 0 Å². The Bertz CT molecular complexity index is 1050. The number of amides is 1. The van der Waals surface area contributed by atoms with Crippen LogP contribution in [-0.4, -0.2) is 34.0 Å². The molecule has 0 fully saturated rings. The predicted molar refractivity (Wildman–Crippen MR) is 109 cm³/mol. The smallest absolute Gasteiger partial charge is 0.264 e. The molecule has 2 heterocycles. The van der Waals surface area contributed by atoms with Crippen LogP contribution in [0.15, 0.2) is 65.5 Å². The fraction of sp³-hybridized carbons (Fsp3) is 0.227. The van der Waals surface area contributed by atoms with Gasteiger partial charge in [-0.1, -0.05) is 48.5 Å². The Morgan fingerprint density at radius 2 is 1.75 bits per heavy atom. The van der Waals surface area contributed by atoms with Crippen molar-refractivity contribution in [2.75, 3.05) is 18.9 Å². The molecule has 2 aromatic carbocycles. The molecule has 6 heteroatoms. The van der Waals surface area contributed by atoms with Crippen molar-refractivity contribution < 1.29 is 4.79 Å². The highest BCUT2D eigenvalue weighted by molar-refractivity contribution is 5.79. The van der Waals surface area contributed by atoms with Gasteiger partial charge in [0.1, 0.15) is 0 Å². The Hall–Kier alpha value is -3.41. The third-order valence-electron chi connectivity index (χ3n) is 5.02. The van der Waals surface area contributed by atoms with Gasteiger partial charge in [0.25, 0.3) is 5.56 Å². The van der Waals surface area contributed by atoms with Crippen molar-refractivity contribution in [3.8, 4) is 5.69 Å². The van der Waals surface area contributed by atoms with Crippen LogP contribution < -0.4 is 10.9 Å². The number of anilines is 1. The van der Waals surface area contributed by atoms with E-state index in [1.54, 1.807) is 16.5 Å². The number of nitrogens with zero attached hydrogens (tertiary/aromatic N) is 3. The van der Waals surface area contributed by atoms with Crippen molar-refractivity contribution in [2.45, 2.75) is 19.4 Å². The number of aromatic nitrogens is 2. The number of benzene rings is 2. The van der Waals surface area contributed by atoms with Gasteiger partial charge in [0, 0.05) is 20.0 Å². The topological polar surface area (TPSA) is 67.2 Å². The second-order valence-electron chi connectivity index (χ2n) is 6.81. The molecule has 0 radical (unpaired) electrons. The van der Waals surface area contributed by atoms with Crippen LogP contribution in [0.4, 0.5) is 5.95 Å². The molecule has 1 aliphatic heterocycles. The van der Waals surface area contributed by atoms with Crippen LogP contribution in [0.3, 0.4) is 0 Å². The molecule has 3 aromatic rings. The highest BCUT2D eigenvalue weighted by Crippen LogP contribution is 2.19. The number of hydrogen-bond donors (Lipinski definition) is 1. The molecule has 1 aliphatic rings. The zero-order valence-corrected chi connectivity index (χ0v) is 15.8. The van der Waals surface area contributed by atoms with Crippen LogP contribution in [0, 0.1) is 0 Å². The average Bonchev–Trinajstić information content (AvgIpc) is 2.74. The lowest BCUT2D eigenvalue weighted by Gasteiger charge is -2.29. The van der Waals surface area contributed by atoms with E-state index >= 15 is 0 Å². The zero-order valence-electron chi connectivity index (χ0n) is 15.8. The number of para-hydroxylation sites is 1. The molecule has 28 heavy (non-hydrogen) atoms. The standard InChI is InChI=1S/C22H22N4O2/c1-23-22-24-19-12-13-25(20(27)14-16-8-4-2-5-9-16)15-18(19)21(28)26(22)17-10-6-3-7-11-17/h2-11H,12-15H2,1H3,(H,23,24). The molecule has 1 aromatic heterocycles. The maximum Gasteiger partial charge on any atom is 0.264 e. The molecule has 0 atom stereocenters. The van der Waals surface area contributed by atoms with Crippen molar-refractivity contribution >= 4 is 11.9 Å². The quantitative estimate of drug-likeness (QED) is 0.762. The van der Waals surface area contributed by atoms with Gasteiger partial charge < -0.3 is 10.2 Å². The summed E-state index contributed by atoms with van der Waals surface area (Å²) in [7, 11) is 1.76. The zero-order chi connectivity index (χ0) is 19.5.